The molecule has 8 heteroatoms. The minimum absolute atomic E-state index is 0.576. The number of halogens is 6. The van der Waals surface area contributed by atoms with Crippen molar-refractivity contribution in [2.45, 2.75) is 31.6 Å². The van der Waals surface area contributed by atoms with Crippen molar-refractivity contribution >= 4 is 66.4 Å². The summed E-state index contributed by atoms with van der Waals surface area (Å²) in [6.45, 7) is 4.33. The van der Waals surface area contributed by atoms with Crippen molar-refractivity contribution in [2.24, 2.45) is 0 Å². The van der Waals surface area contributed by atoms with Crippen LogP contribution in [0, 0.1) is 0 Å². The van der Waals surface area contributed by atoms with Crippen LogP contribution in [0.3, 0.4) is 0 Å². The van der Waals surface area contributed by atoms with E-state index in [0.717, 1.165) is 102 Å². The van der Waals surface area contributed by atoms with Crippen LogP contribution in [-0.2, 0) is 17.8 Å². The number of benzene rings is 9. The van der Waals surface area contributed by atoms with Crippen LogP contribution in [0.5, 0.6) is 0 Å². The van der Waals surface area contributed by atoms with E-state index in [4.69, 9.17) is 0 Å². The molecule has 0 unspecified atom stereocenters. The molecule has 0 saturated carbocycles. The highest BCUT2D eigenvalue weighted by Crippen LogP contribution is 2.56. The third kappa shape index (κ3) is 6.36. The number of fused-ring (bicyclic) bond motifs is 7. The predicted octanol–water partition coefficient (Wildman–Crippen LogP) is 16.4. The second-order valence-corrected chi connectivity index (χ2v) is 16.0. The van der Waals surface area contributed by atoms with Crippen LogP contribution >= 0.6 is 0 Å². The summed E-state index contributed by atoms with van der Waals surface area (Å²) in [5.41, 5.74) is 6.51. The van der Waals surface area contributed by atoms with Crippen LogP contribution in [0.15, 0.2) is 182 Å². The van der Waals surface area contributed by atoms with Crippen molar-refractivity contribution in [1.82, 2.24) is 0 Å². The Morgan fingerprint density at radius 2 is 0.820 bits per heavy atom. The zero-order chi connectivity index (χ0) is 42.3. The standard InChI is InChI=1S/C53H36F6N2/c1-51(2)45-31-39(60(37-25-21-35(22-26-37)52(54,55)56)47-19-9-13-33-11-3-5-15-40(33)47)29-30-44(45)50-43-18-8-7-17-42(43)49(32-46(50)51)61(38-27-23-36(24-28-38)53(57,58)59)48-20-10-14-34-12-4-6-16-41(34)48/h3-32H,1-2H3. The van der Waals surface area contributed by atoms with Crippen LogP contribution in [-0.4, -0.2) is 0 Å². The first-order valence-electron chi connectivity index (χ1n) is 19.9. The fourth-order valence-corrected chi connectivity index (χ4v) is 9.12. The van der Waals surface area contributed by atoms with E-state index in [1.807, 2.05) is 108 Å². The molecular formula is C53H36F6N2. The van der Waals surface area contributed by atoms with Crippen molar-refractivity contribution in [3.63, 3.8) is 0 Å². The van der Waals surface area contributed by atoms with Crippen molar-refractivity contribution in [3.05, 3.63) is 204 Å². The SMILES string of the molecule is CC1(C)c2cc(N(c3ccc(C(F)(F)F)cc3)c3cccc4ccccc34)ccc2-c2c1cc(N(c1ccc(C(F)(F)F)cc1)c1cccc3ccccc13)c1ccccc21. The maximum atomic E-state index is 13.9. The summed E-state index contributed by atoms with van der Waals surface area (Å²) in [4.78, 5) is 4.07. The van der Waals surface area contributed by atoms with E-state index in [9.17, 15) is 26.3 Å². The summed E-state index contributed by atoms with van der Waals surface area (Å²) >= 11 is 0. The Morgan fingerprint density at radius 1 is 0.377 bits per heavy atom. The second-order valence-electron chi connectivity index (χ2n) is 16.0. The van der Waals surface area contributed by atoms with Gasteiger partial charge in [-0.3, -0.25) is 0 Å². The fraction of sp³-hybridized carbons (Fsp3) is 0.0943. The molecule has 10 rings (SSSR count). The first-order chi connectivity index (χ1) is 29.3. The zero-order valence-corrected chi connectivity index (χ0v) is 33.0. The molecule has 0 fully saturated rings. The van der Waals surface area contributed by atoms with Gasteiger partial charge in [-0.05, 0) is 117 Å². The van der Waals surface area contributed by atoms with Crippen molar-refractivity contribution in [1.29, 1.82) is 0 Å². The molecule has 0 N–H and O–H groups in total. The molecule has 1 aliphatic rings. The maximum absolute atomic E-state index is 13.9. The van der Waals surface area contributed by atoms with E-state index in [-0.39, 0.29) is 0 Å². The highest BCUT2D eigenvalue weighted by molar-refractivity contribution is 6.12. The van der Waals surface area contributed by atoms with Gasteiger partial charge in [-0.15, -0.1) is 0 Å². The molecule has 0 atom stereocenters. The molecular weight excluding hydrogens is 779 g/mol. The number of hydrogen-bond donors (Lipinski definition) is 0. The minimum atomic E-state index is -4.49. The van der Waals surface area contributed by atoms with Gasteiger partial charge in [0.25, 0.3) is 0 Å². The molecule has 1 aliphatic carbocycles. The lowest BCUT2D eigenvalue weighted by molar-refractivity contribution is -0.138. The van der Waals surface area contributed by atoms with Crippen molar-refractivity contribution in [2.75, 3.05) is 9.80 Å². The molecule has 300 valence electrons. The topological polar surface area (TPSA) is 6.48 Å². The smallest absolute Gasteiger partial charge is 0.310 e. The minimum Gasteiger partial charge on any atom is -0.310 e. The number of nitrogens with zero attached hydrogens (tertiary/aromatic N) is 2. The number of rotatable bonds is 6. The average Bonchev–Trinajstić information content (AvgIpc) is 3.49. The zero-order valence-electron chi connectivity index (χ0n) is 33.0. The summed E-state index contributed by atoms with van der Waals surface area (Å²) in [5, 5.41) is 5.78. The Morgan fingerprint density at radius 3 is 1.36 bits per heavy atom. The molecule has 0 aliphatic heterocycles. The highest BCUT2D eigenvalue weighted by atomic mass is 19.4. The van der Waals surface area contributed by atoms with Gasteiger partial charge >= 0.3 is 12.4 Å². The van der Waals surface area contributed by atoms with Gasteiger partial charge in [0.15, 0.2) is 0 Å². The van der Waals surface area contributed by atoms with Gasteiger partial charge < -0.3 is 9.80 Å². The van der Waals surface area contributed by atoms with E-state index in [0.29, 0.717) is 11.4 Å². The molecule has 9 aromatic carbocycles. The third-order valence-corrected chi connectivity index (χ3v) is 12.1. The molecule has 0 bridgehead atoms. The second kappa shape index (κ2) is 14.0. The van der Waals surface area contributed by atoms with Gasteiger partial charge in [-0.25, -0.2) is 0 Å². The quantitative estimate of drug-likeness (QED) is 0.154. The van der Waals surface area contributed by atoms with Crippen molar-refractivity contribution in [3.8, 4) is 11.1 Å². The van der Waals surface area contributed by atoms with Gasteiger partial charge in [0.2, 0.25) is 0 Å². The molecule has 0 saturated heterocycles. The summed E-state index contributed by atoms with van der Waals surface area (Å²) in [6, 6.07) is 55.0. The Balaban J connectivity index is 1.18. The number of hydrogen-bond acceptors (Lipinski definition) is 2. The summed E-state index contributed by atoms with van der Waals surface area (Å²) in [6.07, 6.45) is -8.98. The lowest BCUT2D eigenvalue weighted by Gasteiger charge is -2.31. The van der Waals surface area contributed by atoms with Gasteiger partial charge in [0, 0.05) is 38.6 Å². The van der Waals surface area contributed by atoms with Gasteiger partial charge in [0.1, 0.15) is 0 Å². The Labute approximate surface area is 348 Å². The largest absolute Gasteiger partial charge is 0.416 e. The van der Waals surface area contributed by atoms with Crippen LogP contribution < -0.4 is 9.80 Å². The molecule has 9 aromatic rings. The first-order valence-corrected chi connectivity index (χ1v) is 19.9. The van der Waals surface area contributed by atoms with Gasteiger partial charge in [-0.2, -0.15) is 26.3 Å². The molecule has 61 heavy (non-hydrogen) atoms. The molecule has 0 spiro atoms. The molecule has 0 radical (unpaired) electrons. The van der Waals surface area contributed by atoms with Gasteiger partial charge in [0.05, 0.1) is 28.2 Å². The Bertz CT molecular complexity index is 3140. The number of alkyl halides is 6. The van der Waals surface area contributed by atoms with E-state index in [2.05, 4.69) is 49.1 Å². The monoisotopic (exact) mass is 814 g/mol. The average molecular weight is 815 g/mol. The van der Waals surface area contributed by atoms with Crippen LogP contribution in [0.2, 0.25) is 0 Å². The molecule has 0 amide bonds. The maximum Gasteiger partial charge on any atom is 0.416 e. The molecule has 2 nitrogen and oxygen atoms in total. The molecule has 0 heterocycles. The first kappa shape index (κ1) is 38.2. The highest BCUT2D eigenvalue weighted by Gasteiger charge is 2.39. The normalized spacial score (nSPS) is 13.4. The van der Waals surface area contributed by atoms with Crippen LogP contribution in [0.1, 0.15) is 36.1 Å². The lowest BCUT2D eigenvalue weighted by atomic mass is 9.81. The van der Waals surface area contributed by atoms with E-state index >= 15 is 0 Å². The van der Waals surface area contributed by atoms with E-state index < -0.39 is 28.9 Å². The Hall–Kier alpha value is -7.06. The lowest BCUT2D eigenvalue weighted by Crippen LogP contribution is -2.18. The number of anilines is 6. The Kier molecular flexibility index (Phi) is 8.77. The van der Waals surface area contributed by atoms with Crippen LogP contribution in [0.4, 0.5) is 60.5 Å². The molecule has 0 aromatic heterocycles. The van der Waals surface area contributed by atoms with E-state index in [1.54, 1.807) is 0 Å². The van der Waals surface area contributed by atoms with E-state index in [1.165, 1.54) is 24.3 Å². The summed E-state index contributed by atoms with van der Waals surface area (Å²) in [5.74, 6) is 0. The summed E-state index contributed by atoms with van der Waals surface area (Å²) in [7, 11) is 0. The van der Waals surface area contributed by atoms with Crippen LogP contribution in [0.25, 0.3) is 43.4 Å². The van der Waals surface area contributed by atoms with Crippen molar-refractivity contribution < 1.29 is 26.3 Å². The fourth-order valence-electron chi connectivity index (χ4n) is 9.12. The summed E-state index contributed by atoms with van der Waals surface area (Å²) < 4.78 is 83.0. The predicted molar refractivity (Wildman–Crippen MR) is 236 cm³/mol. The third-order valence-electron chi connectivity index (χ3n) is 12.1. The van der Waals surface area contributed by atoms with Gasteiger partial charge in [-0.1, -0.05) is 117 Å².